The number of ketones is 1. The highest BCUT2D eigenvalue weighted by Crippen LogP contribution is 2.17. The van der Waals surface area contributed by atoms with E-state index in [-0.39, 0.29) is 30.4 Å². The highest BCUT2D eigenvalue weighted by Gasteiger charge is 2.11. The molecule has 0 aliphatic rings. The van der Waals surface area contributed by atoms with Crippen LogP contribution in [0, 0.1) is 0 Å². The molecule has 0 aliphatic carbocycles. The van der Waals surface area contributed by atoms with Gasteiger partial charge in [0.15, 0.2) is 5.78 Å². The first-order valence-corrected chi connectivity index (χ1v) is 9.18. The molecule has 2 aromatic heterocycles. The predicted molar refractivity (Wildman–Crippen MR) is 105 cm³/mol. The molecule has 0 unspecified atom stereocenters. The minimum absolute atomic E-state index is 0.0430. The number of hydrogen-bond donors (Lipinski definition) is 2. The van der Waals surface area contributed by atoms with E-state index in [1.54, 1.807) is 54.9 Å². The normalized spacial score (nSPS) is 10.2. The van der Waals surface area contributed by atoms with Crippen molar-refractivity contribution in [3.8, 4) is 0 Å². The Morgan fingerprint density at radius 3 is 2.33 bits per heavy atom. The van der Waals surface area contributed by atoms with Gasteiger partial charge in [0.05, 0.1) is 4.88 Å². The van der Waals surface area contributed by atoms with Crippen molar-refractivity contribution in [2.75, 3.05) is 10.6 Å². The smallest absolute Gasteiger partial charge is 0.255 e. The number of aromatic nitrogens is 1. The molecule has 6 nitrogen and oxygen atoms in total. The van der Waals surface area contributed by atoms with Crippen LogP contribution >= 0.6 is 11.3 Å². The van der Waals surface area contributed by atoms with Crippen LogP contribution in [-0.2, 0) is 4.79 Å². The highest BCUT2D eigenvalue weighted by atomic mass is 32.1. The fraction of sp³-hybridized carbons (Fsp3) is 0.100. The van der Waals surface area contributed by atoms with Gasteiger partial charge in [0.2, 0.25) is 5.91 Å². The molecule has 2 amide bonds. The van der Waals surface area contributed by atoms with Crippen LogP contribution < -0.4 is 10.6 Å². The number of thiophene rings is 1. The second-order valence-corrected chi connectivity index (χ2v) is 6.67. The summed E-state index contributed by atoms with van der Waals surface area (Å²) in [6.45, 7) is 0. The van der Waals surface area contributed by atoms with E-state index in [1.165, 1.54) is 11.3 Å². The lowest BCUT2D eigenvalue weighted by atomic mass is 10.2. The van der Waals surface area contributed by atoms with Crippen molar-refractivity contribution in [3.05, 3.63) is 76.7 Å². The van der Waals surface area contributed by atoms with Crippen LogP contribution in [0.3, 0.4) is 0 Å². The zero-order valence-electron chi connectivity index (χ0n) is 14.3. The molecule has 2 N–H and O–H groups in total. The molecule has 3 aromatic rings. The summed E-state index contributed by atoms with van der Waals surface area (Å²) in [6, 6.07) is 13.6. The van der Waals surface area contributed by atoms with Gasteiger partial charge in [0.25, 0.3) is 5.91 Å². The predicted octanol–water partition coefficient (Wildman–Crippen LogP) is 4.00. The van der Waals surface area contributed by atoms with Gasteiger partial charge < -0.3 is 10.6 Å². The molecule has 2 heterocycles. The van der Waals surface area contributed by atoms with Crippen LogP contribution in [0.25, 0.3) is 0 Å². The first-order valence-electron chi connectivity index (χ1n) is 8.30. The van der Waals surface area contributed by atoms with E-state index < -0.39 is 0 Å². The van der Waals surface area contributed by atoms with Gasteiger partial charge in [0.1, 0.15) is 0 Å². The van der Waals surface area contributed by atoms with Gasteiger partial charge in [-0.1, -0.05) is 12.1 Å². The molecule has 3 rings (SSSR count). The summed E-state index contributed by atoms with van der Waals surface area (Å²) in [6.07, 6.45) is 3.35. The average Bonchev–Trinajstić information content (AvgIpc) is 3.22. The number of amides is 2. The third-order valence-electron chi connectivity index (χ3n) is 3.72. The molecule has 0 saturated carbocycles. The van der Waals surface area contributed by atoms with E-state index in [0.29, 0.717) is 21.8 Å². The molecule has 0 atom stereocenters. The number of nitrogens with one attached hydrogen (secondary N) is 2. The van der Waals surface area contributed by atoms with Gasteiger partial charge in [-0.25, -0.2) is 0 Å². The lowest BCUT2D eigenvalue weighted by Gasteiger charge is -2.09. The molecule has 0 aliphatic heterocycles. The summed E-state index contributed by atoms with van der Waals surface area (Å²) in [5, 5.41) is 7.35. The molecule has 0 radical (unpaired) electrons. The quantitative estimate of drug-likeness (QED) is 0.608. The second-order valence-electron chi connectivity index (χ2n) is 5.72. The van der Waals surface area contributed by atoms with Crippen molar-refractivity contribution >= 4 is 40.3 Å². The molecule has 1 aromatic carbocycles. The number of hydrogen-bond acceptors (Lipinski definition) is 5. The van der Waals surface area contributed by atoms with Gasteiger partial charge in [-0.3, -0.25) is 19.4 Å². The molecular weight excluding hydrogens is 362 g/mol. The van der Waals surface area contributed by atoms with Crippen LogP contribution in [0.4, 0.5) is 11.4 Å². The molecule has 0 bridgehead atoms. The Hall–Kier alpha value is -3.32. The number of pyridine rings is 1. The van der Waals surface area contributed by atoms with E-state index in [2.05, 4.69) is 15.6 Å². The van der Waals surface area contributed by atoms with Crippen molar-refractivity contribution in [1.29, 1.82) is 0 Å². The summed E-state index contributed by atoms with van der Waals surface area (Å²) in [7, 11) is 0. The molecule has 7 heteroatoms. The van der Waals surface area contributed by atoms with Gasteiger partial charge >= 0.3 is 0 Å². The van der Waals surface area contributed by atoms with E-state index in [1.807, 2.05) is 11.4 Å². The lowest BCUT2D eigenvalue weighted by molar-refractivity contribution is -0.116. The monoisotopic (exact) mass is 379 g/mol. The van der Waals surface area contributed by atoms with E-state index >= 15 is 0 Å². The maximum absolute atomic E-state index is 12.2. The van der Waals surface area contributed by atoms with Crippen molar-refractivity contribution in [3.63, 3.8) is 0 Å². The number of Topliss-reactive ketones (excluding diaryl/α,β-unsaturated/α-hetero) is 1. The fourth-order valence-corrected chi connectivity index (χ4v) is 3.09. The van der Waals surface area contributed by atoms with E-state index in [0.717, 1.165) is 0 Å². The number of nitrogens with zero attached hydrogens (tertiary/aromatic N) is 1. The van der Waals surface area contributed by atoms with Crippen LogP contribution in [0.15, 0.2) is 66.3 Å². The lowest BCUT2D eigenvalue weighted by Crippen LogP contribution is -2.14. The van der Waals surface area contributed by atoms with Gasteiger partial charge in [-0.05, 0) is 41.8 Å². The number of anilines is 2. The summed E-state index contributed by atoms with van der Waals surface area (Å²) in [4.78, 5) is 40.7. The Kier molecular flexibility index (Phi) is 6.06. The molecular formula is C20H17N3O3S. The van der Waals surface area contributed by atoms with Crippen molar-refractivity contribution in [2.24, 2.45) is 0 Å². The van der Waals surface area contributed by atoms with Gasteiger partial charge in [-0.2, -0.15) is 0 Å². The maximum atomic E-state index is 12.2. The Balaban J connectivity index is 1.54. The van der Waals surface area contributed by atoms with Gasteiger partial charge in [0, 0.05) is 42.2 Å². The summed E-state index contributed by atoms with van der Waals surface area (Å²) < 4.78 is 0. The number of carbonyl (C=O) groups is 3. The Labute approximate surface area is 160 Å². The highest BCUT2D eigenvalue weighted by molar-refractivity contribution is 7.12. The van der Waals surface area contributed by atoms with E-state index in [9.17, 15) is 14.4 Å². The largest absolute Gasteiger partial charge is 0.326 e. The van der Waals surface area contributed by atoms with Crippen LogP contribution in [0.5, 0.6) is 0 Å². The second kappa shape index (κ2) is 8.86. The first kappa shape index (κ1) is 18.5. The number of carbonyl (C=O) groups excluding carboxylic acids is 3. The molecule has 0 fully saturated rings. The van der Waals surface area contributed by atoms with Crippen molar-refractivity contribution in [1.82, 2.24) is 4.98 Å². The summed E-state index contributed by atoms with van der Waals surface area (Å²) in [5.41, 5.74) is 1.60. The fourth-order valence-electron chi connectivity index (χ4n) is 2.39. The Morgan fingerprint density at radius 1 is 0.889 bits per heavy atom. The zero-order valence-corrected chi connectivity index (χ0v) is 15.2. The molecule has 136 valence electrons. The first-order chi connectivity index (χ1) is 13.1. The zero-order chi connectivity index (χ0) is 19.1. The average molecular weight is 379 g/mol. The van der Waals surface area contributed by atoms with Gasteiger partial charge in [-0.15, -0.1) is 11.3 Å². The van der Waals surface area contributed by atoms with Crippen LogP contribution in [-0.4, -0.2) is 22.6 Å². The SMILES string of the molecule is O=C(CCC(=O)c1cccs1)Nc1cccc(NC(=O)c2ccncc2)c1. The molecule has 27 heavy (non-hydrogen) atoms. The standard InChI is InChI=1S/C20H17N3O3S/c24-17(18-5-2-12-27-18)6-7-19(25)22-15-3-1-4-16(13-15)23-20(26)14-8-10-21-11-9-14/h1-5,8-13H,6-7H2,(H,22,25)(H,23,26). The maximum Gasteiger partial charge on any atom is 0.255 e. The summed E-state index contributed by atoms with van der Waals surface area (Å²) in [5.74, 6) is -0.557. The number of rotatable bonds is 7. The Morgan fingerprint density at radius 2 is 1.63 bits per heavy atom. The molecule has 0 saturated heterocycles. The molecule has 0 spiro atoms. The minimum Gasteiger partial charge on any atom is -0.326 e. The third kappa shape index (κ3) is 5.32. The van der Waals surface area contributed by atoms with Crippen LogP contribution in [0.1, 0.15) is 32.9 Å². The summed E-state index contributed by atoms with van der Waals surface area (Å²) >= 11 is 1.37. The van der Waals surface area contributed by atoms with Crippen LogP contribution in [0.2, 0.25) is 0 Å². The van der Waals surface area contributed by atoms with E-state index in [4.69, 9.17) is 0 Å². The third-order valence-corrected chi connectivity index (χ3v) is 4.63. The topological polar surface area (TPSA) is 88.2 Å². The Bertz CT molecular complexity index is 940. The minimum atomic E-state index is -0.262. The van der Waals surface area contributed by atoms with Crippen molar-refractivity contribution in [2.45, 2.75) is 12.8 Å². The number of benzene rings is 1. The van der Waals surface area contributed by atoms with Crippen molar-refractivity contribution < 1.29 is 14.4 Å².